The molecule has 0 amide bonds. The lowest BCUT2D eigenvalue weighted by molar-refractivity contribution is 0.161. The first-order chi connectivity index (χ1) is 16.9. The van der Waals surface area contributed by atoms with E-state index in [-0.39, 0.29) is 16.6 Å². The van der Waals surface area contributed by atoms with Crippen LogP contribution in [0.1, 0.15) is 78.0 Å². The van der Waals surface area contributed by atoms with Crippen LogP contribution in [0.15, 0.2) is 53.0 Å². The molecule has 4 rings (SSSR count). The Morgan fingerprint density at radius 3 is 2.56 bits per heavy atom. The molecule has 6 nitrogen and oxygen atoms in total. The number of hydrogen-bond acceptors (Lipinski definition) is 5. The first kappa shape index (κ1) is 26.1. The van der Waals surface area contributed by atoms with Crippen LogP contribution in [0.25, 0.3) is 11.2 Å². The number of fused-ring (bicyclic) bond motifs is 1. The number of piperidine rings is 1. The average Bonchev–Trinajstić information content (AvgIpc) is 2.78. The monoisotopic (exact) mass is 487 g/mol. The van der Waals surface area contributed by atoms with Gasteiger partial charge in [0.25, 0.3) is 5.56 Å². The molecule has 0 aromatic carbocycles. The van der Waals surface area contributed by atoms with Crippen molar-refractivity contribution in [3.63, 3.8) is 0 Å². The molecule has 0 unspecified atom stereocenters. The number of hydrogen-bond donors (Lipinski definition) is 2. The van der Waals surface area contributed by atoms with Crippen LogP contribution in [0.5, 0.6) is 0 Å². The molecular formula is C30H41N5O. The van der Waals surface area contributed by atoms with Crippen molar-refractivity contribution in [3.05, 3.63) is 69.8 Å². The van der Waals surface area contributed by atoms with Gasteiger partial charge in [0.2, 0.25) is 0 Å². The van der Waals surface area contributed by atoms with Gasteiger partial charge in [-0.1, -0.05) is 31.9 Å². The Labute approximate surface area is 215 Å². The quantitative estimate of drug-likeness (QED) is 0.502. The second-order valence-electron chi connectivity index (χ2n) is 11.8. The first-order valence-corrected chi connectivity index (χ1v) is 13.1. The lowest BCUT2D eigenvalue weighted by Crippen LogP contribution is -2.61. The SMILES string of the molecule is CCCC/C=C1/C=C(c2cc(=O)n3cc(N(C)C4CC(C)(C)NC(C)(C)C4)cc(C)c3n2)C=CC1=N. The number of aromatic nitrogens is 2. The number of nitrogens with zero attached hydrogens (tertiary/aromatic N) is 3. The number of unbranched alkanes of at least 4 members (excludes halogenated alkanes) is 2. The van der Waals surface area contributed by atoms with E-state index in [2.05, 4.69) is 64.0 Å². The van der Waals surface area contributed by atoms with Crippen LogP contribution in [0.4, 0.5) is 5.69 Å². The maximum Gasteiger partial charge on any atom is 0.258 e. The fraction of sp³-hybridized carbons (Fsp3) is 0.500. The van der Waals surface area contributed by atoms with Crippen LogP contribution in [0.3, 0.4) is 0 Å². The minimum Gasteiger partial charge on any atom is -0.370 e. The second kappa shape index (κ2) is 9.81. The standard InChI is InChI=1S/C30H41N5O/c1-8-9-10-11-21-15-22(12-13-25(21)31)26-16-27(36)35-19-23(14-20(2)28(35)32-26)34(7)24-17-29(3,4)33-30(5,6)18-24/h11-16,19,24,31,33H,8-10,17-18H2,1-7H3/b21-11-,31-25?. The maximum absolute atomic E-state index is 13.3. The van der Waals surface area contributed by atoms with E-state index in [0.717, 1.165) is 54.5 Å². The van der Waals surface area contributed by atoms with E-state index in [1.165, 1.54) is 0 Å². The van der Waals surface area contributed by atoms with E-state index in [0.29, 0.717) is 23.1 Å². The highest BCUT2D eigenvalue weighted by molar-refractivity contribution is 6.12. The molecule has 6 heteroatoms. The van der Waals surface area contributed by atoms with Gasteiger partial charge in [-0.25, -0.2) is 4.98 Å². The van der Waals surface area contributed by atoms with Gasteiger partial charge in [-0.05, 0) is 83.2 Å². The predicted octanol–water partition coefficient (Wildman–Crippen LogP) is 5.84. The Balaban J connectivity index is 1.69. The number of rotatable bonds is 6. The molecule has 1 aliphatic heterocycles. The Kier molecular flexibility index (Phi) is 7.11. The summed E-state index contributed by atoms with van der Waals surface area (Å²) in [6, 6.07) is 4.12. The zero-order chi connectivity index (χ0) is 26.3. The highest BCUT2D eigenvalue weighted by Crippen LogP contribution is 2.33. The lowest BCUT2D eigenvalue weighted by atomic mass is 9.79. The third-order valence-electron chi connectivity index (χ3n) is 7.32. The van der Waals surface area contributed by atoms with Crippen molar-refractivity contribution < 1.29 is 0 Å². The van der Waals surface area contributed by atoms with E-state index in [9.17, 15) is 4.79 Å². The molecule has 0 saturated carbocycles. The normalized spacial score (nSPS) is 20.7. The number of pyridine rings is 1. The van der Waals surface area contributed by atoms with Crippen molar-refractivity contribution in [1.29, 1.82) is 5.41 Å². The van der Waals surface area contributed by atoms with Crippen LogP contribution in [-0.2, 0) is 0 Å². The van der Waals surface area contributed by atoms with E-state index >= 15 is 0 Å². The molecule has 1 fully saturated rings. The van der Waals surface area contributed by atoms with Crippen molar-refractivity contribution in [3.8, 4) is 0 Å². The summed E-state index contributed by atoms with van der Waals surface area (Å²) < 4.78 is 1.68. The summed E-state index contributed by atoms with van der Waals surface area (Å²) in [5, 5.41) is 12.0. The Morgan fingerprint density at radius 2 is 1.89 bits per heavy atom. The van der Waals surface area contributed by atoms with Crippen molar-refractivity contribution in [1.82, 2.24) is 14.7 Å². The van der Waals surface area contributed by atoms with Crippen LogP contribution in [0, 0.1) is 12.3 Å². The molecule has 192 valence electrons. The average molecular weight is 488 g/mol. The van der Waals surface area contributed by atoms with Crippen LogP contribution < -0.4 is 15.8 Å². The molecule has 0 bridgehead atoms. The van der Waals surface area contributed by atoms with Gasteiger partial charge in [0.1, 0.15) is 5.65 Å². The summed E-state index contributed by atoms with van der Waals surface area (Å²) in [5.41, 5.74) is 5.58. The Bertz CT molecular complexity index is 1310. The first-order valence-electron chi connectivity index (χ1n) is 13.1. The summed E-state index contributed by atoms with van der Waals surface area (Å²) in [5.74, 6) is 0. The molecule has 2 aromatic rings. The van der Waals surface area contributed by atoms with E-state index in [1.807, 2.05) is 25.3 Å². The van der Waals surface area contributed by atoms with Gasteiger partial charge >= 0.3 is 0 Å². The Morgan fingerprint density at radius 1 is 1.19 bits per heavy atom. The molecule has 0 atom stereocenters. The van der Waals surface area contributed by atoms with Crippen LogP contribution in [-0.4, -0.2) is 39.3 Å². The van der Waals surface area contributed by atoms with Gasteiger partial charge in [0.15, 0.2) is 0 Å². The van der Waals surface area contributed by atoms with E-state index in [4.69, 9.17) is 10.4 Å². The van der Waals surface area contributed by atoms with Gasteiger partial charge in [-0.2, -0.15) is 0 Å². The van der Waals surface area contributed by atoms with Gasteiger partial charge in [-0.15, -0.1) is 0 Å². The van der Waals surface area contributed by atoms with Crippen molar-refractivity contribution >= 4 is 22.6 Å². The third-order valence-corrected chi connectivity index (χ3v) is 7.32. The molecule has 1 saturated heterocycles. The third kappa shape index (κ3) is 5.54. The predicted molar refractivity (Wildman–Crippen MR) is 151 cm³/mol. The number of anilines is 1. The Hall–Kier alpha value is -2.99. The van der Waals surface area contributed by atoms with Gasteiger partial charge in [-0.3, -0.25) is 9.20 Å². The zero-order valence-electron chi connectivity index (χ0n) is 22.9. The van der Waals surface area contributed by atoms with Crippen molar-refractivity contribution in [2.45, 2.75) is 90.8 Å². The minimum atomic E-state index is -0.0919. The van der Waals surface area contributed by atoms with Crippen LogP contribution in [0.2, 0.25) is 0 Å². The van der Waals surface area contributed by atoms with E-state index in [1.54, 1.807) is 16.5 Å². The molecule has 1 aliphatic carbocycles. The lowest BCUT2D eigenvalue weighted by Gasteiger charge is -2.49. The van der Waals surface area contributed by atoms with Gasteiger partial charge in [0.05, 0.1) is 17.1 Å². The summed E-state index contributed by atoms with van der Waals surface area (Å²) in [7, 11) is 2.13. The largest absolute Gasteiger partial charge is 0.370 e. The maximum atomic E-state index is 13.3. The highest BCUT2D eigenvalue weighted by atomic mass is 16.1. The molecule has 3 heterocycles. The molecule has 2 aromatic heterocycles. The van der Waals surface area contributed by atoms with Crippen molar-refractivity contribution in [2.75, 3.05) is 11.9 Å². The second-order valence-corrected chi connectivity index (χ2v) is 11.8. The molecule has 0 radical (unpaired) electrons. The topological polar surface area (TPSA) is 73.5 Å². The summed E-state index contributed by atoms with van der Waals surface area (Å²) in [6.45, 7) is 13.2. The minimum absolute atomic E-state index is 0.0429. The van der Waals surface area contributed by atoms with Gasteiger partial charge in [0, 0.05) is 42.0 Å². The number of allylic oxidation sites excluding steroid dienone is 6. The van der Waals surface area contributed by atoms with Crippen LogP contribution >= 0.6 is 0 Å². The van der Waals surface area contributed by atoms with Crippen molar-refractivity contribution in [2.24, 2.45) is 0 Å². The molecule has 0 spiro atoms. The molecule has 2 N–H and O–H groups in total. The molecule has 36 heavy (non-hydrogen) atoms. The summed E-state index contributed by atoms with van der Waals surface area (Å²) in [6.07, 6.45) is 14.9. The fourth-order valence-electron chi connectivity index (χ4n) is 5.80. The molecule has 2 aliphatic rings. The number of nitrogens with one attached hydrogen (secondary N) is 2. The smallest absolute Gasteiger partial charge is 0.258 e. The fourth-order valence-corrected chi connectivity index (χ4v) is 5.80. The van der Waals surface area contributed by atoms with Gasteiger partial charge < -0.3 is 15.6 Å². The summed E-state index contributed by atoms with van der Waals surface area (Å²) >= 11 is 0. The molecular weight excluding hydrogens is 446 g/mol. The summed E-state index contributed by atoms with van der Waals surface area (Å²) in [4.78, 5) is 20.5. The zero-order valence-corrected chi connectivity index (χ0v) is 22.9. The highest BCUT2D eigenvalue weighted by Gasteiger charge is 2.39. The van der Waals surface area contributed by atoms with E-state index < -0.39 is 0 Å². The number of aryl methyl sites for hydroxylation is 1.